The molecule has 0 aliphatic heterocycles. The summed E-state index contributed by atoms with van der Waals surface area (Å²) in [5.41, 5.74) is 5.59. The first-order valence-electron chi connectivity index (χ1n) is 8.29. The fourth-order valence-corrected chi connectivity index (χ4v) is 17.0. The van der Waals surface area contributed by atoms with Crippen LogP contribution in [0.5, 0.6) is 0 Å². The van der Waals surface area contributed by atoms with Gasteiger partial charge >= 0.3 is 8.56 Å². The van der Waals surface area contributed by atoms with Crippen LogP contribution in [0.2, 0.25) is 51.4 Å². The first-order chi connectivity index (χ1) is 9.54. The van der Waals surface area contributed by atoms with Crippen molar-refractivity contribution in [3.8, 4) is 0 Å². The second-order valence-electron chi connectivity index (χ2n) is 7.58. The van der Waals surface area contributed by atoms with Gasteiger partial charge < -0.3 is 19.3 Å². The maximum absolute atomic E-state index is 6.55. The van der Waals surface area contributed by atoms with Gasteiger partial charge in [-0.05, 0) is 84.3 Å². The largest absolute Gasteiger partial charge is 0.437 e. The molecule has 0 aliphatic carbocycles. The zero-order chi connectivity index (χ0) is 16.6. The highest BCUT2D eigenvalue weighted by atomic mass is 28.5. The third kappa shape index (κ3) is 11.7. The fraction of sp³-hybridized carbons (Fsp3) is 1.00. The zero-order valence-electron chi connectivity index (χ0n) is 15.3. The van der Waals surface area contributed by atoms with Gasteiger partial charge in [-0.3, -0.25) is 0 Å². The number of nitrogens with two attached hydrogens (primary N) is 1. The summed E-state index contributed by atoms with van der Waals surface area (Å²) in [5.74, 6) is 0. The van der Waals surface area contributed by atoms with Crippen LogP contribution in [-0.2, 0) is 8.23 Å². The molecule has 4 nitrogen and oxygen atoms in total. The summed E-state index contributed by atoms with van der Waals surface area (Å²) in [6, 6.07) is 2.38. The SMILES string of the molecule is CNCCC[Si](C)(C)O[Si](C)(C)O[Si](C)(C)CCCCN. The minimum absolute atomic E-state index is 0.785. The minimum atomic E-state index is -2.02. The van der Waals surface area contributed by atoms with Crippen LogP contribution in [0.1, 0.15) is 19.3 Å². The molecule has 21 heavy (non-hydrogen) atoms. The quantitative estimate of drug-likeness (QED) is 0.418. The fourth-order valence-electron chi connectivity index (χ4n) is 2.84. The van der Waals surface area contributed by atoms with E-state index in [1.807, 2.05) is 7.05 Å². The maximum Gasteiger partial charge on any atom is 0.311 e. The van der Waals surface area contributed by atoms with E-state index in [0.717, 1.165) is 19.5 Å². The van der Waals surface area contributed by atoms with Crippen molar-refractivity contribution in [3.05, 3.63) is 0 Å². The summed E-state index contributed by atoms with van der Waals surface area (Å²) < 4.78 is 13.1. The van der Waals surface area contributed by atoms with Crippen LogP contribution in [0.25, 0.3) is 0 Å². The lowest BCUT2D eigenvalue weighted by atomic mass is 10.3. The lowest BCUT2D eigenvalue weighted by Gasteiger charge is -2.38. The van der Waals surface area contributed by atoms with Crippen molar-refractivity contribution < 1.29 is 8.23 Å². The average Bonchev–Trinajstić information content (AvgIpc) is 2.25. The molecule has 0 aliphatic rings. The maximum atomic E-state index is 6.55. The third-order valence-electron chi connectivity index (χ3n) is 3.48. The molecule has 3 N–H and O–H groups in total. The van der Waals surface area contributed by atoms with Crippen molar-refractivity contribution in [2.75, 3.05) is 20.1 Å². The average molecular weight is 351 g/mol. The number of rotatable bonds is 12. The van der Waals surface area contributed by atoms with Gasteiger partial charge in [0.15, 0.2) is 16.6 Å². The third-order valence-corrected chi connectivity index (χ3v) is 15.0. The molecular weight excluding hydrogens is 312 g/mol. The van der Waals surface area contributed by atoms with Crippen LogP contribution in [0, 0.1) is 0 Å². The second-order valence-corrected chi connectivity index (χ2v) is 20.0. The molecule has 0 fully saturated rings. The van der Waals surface area contributed by atoms with E-state index in [1.54, 1.807) is 0 Å². The van der Waals surface area contributed by atoms with Gasteiger partial charge in [0.05, 0.1) is 0 Å². The molecule has 0 aromatic heterocycles. The van der Waals surface area contributed by atoms with Gasteiger partial charge in [0.25, 0.3) is 0 Å². The number of nitrogens with one attached hydrogen (secondary N) is 1. The molecule has 0 aromatic carbocycles. The van der Waals surface area contributed by atoms with Crippen LogP contribution in [0.3, 0.4) is 0 Å². The highest BCUT2D eigenvalue weighted by Crippen LogP contribution is 2.26. The lowest BCUT2D eigenvalue weighted by Crippen LogP contribution is -2.52. The molecular formula is C14H38N2O2Si3. The molecule has 0 rings (SSSR count). The molecule has 128 valence electrons. The van der Waals surface area contributed by atoms with Crippen molar-refractivity contribution >= 4 is 25.2 Å². The van der Waals surface area contributed by atoms with E-state index in [9.17, 15) is 0 Å². The van der Waals surface area contributed by atoms with Crippen LogP contribution < -0.4 is 11.1 Å². The predicted octanol–water partition coefficient (Wildman–Crippen LogP) is 3.48. The van der Waals surface area contributed by atoms with Crippen molar-refractivity contribution in [1.29, 1.82) is 0 Å². The molecule has 0 spiro atoms. The van der Waals surface area contributed by atoms with Gasteiger partial charge in [-0.1, -0.05) is 6.42 Å². The summed E-state index contributed by atoms with van der Waals surface area (Å²) in [5, 5.41) is 3.21. The highest BCUT2D eigenvalue weighted by molar-refractivity contribution is 6.87. The molecule has 0 radical (unpaired) electrons. The van der Waals surface area contributed by atoms with Crippen molar-refractivity contribution in [3.63, 3.8) is 0 Å². The summed E-state index contributed by atoms with van der Waals surface area (Å²) in [4.78, 5) is 0. The number of unbranched alkanes of at least 4 members (excludes halogenated alkanes) is 1. The molecule has 0 saturated carbocycles. The van der Waals surface area contributed by atoms with E-state index in [0.29, 0.717) is 0 Å². The van der Waals surface area contributed by atoms with Crippen molar-refractivity contribution in [2.45, 2.75) is 70.6 Å². The Hall–Kier alpha value is 0.491. The normalized spacial score (nSPS) is 13.7. The topological polar surface area (TPSA) is 56.5 Å². The first-order valence-corrected chi connectivity index (χ1v) is 17.3. The van der Waals surface area contributed by atoms with E-state index >= 15 is 0 Å². The standard InChI is InChI=1S/C14H38N2O2Si3/c1-16-12-10-14-20(4,5)18-21(6,7)17-19(2,3)13-9-8-11-15/h16H,8-15H2,1-7H3. The van der Waals surface area contributed by atoms with E-state index in [1.165, 1.54) is 24.9 Å². The Bertz CT molecular complexity index is 261. The molecule has 0 amide bonds. The Kier molecular flexibility index (Phi) is 9.81. The Morgan fingerprint density at radius 2 is 1.29 bits per heavy atom. The smallest absolute Gasteiger partial charge is 0.311 e. The lowest BCUT2D eigenvalue weighted by molar-refractivity contribution is 0.386. The molecule has 0 unspecified atom stereocenters. The molecule has 0 aromatic rings. The molecule has 0 atom stereocenters. The second kappa shape index (κ2) is 9.59. The zero-order valence-corrected chi connectivity index (χ0v) is 18.3. The molecule has 0 bridgehead atoms. The predicted molar refractivity (Wildman–Crippen MR) is 101 cm³/mol. The monoisotopic (exact) mass is 350 g/mol. The minimum Gasteiger partial charge on any atom is -0.437 e. The summed E-state index contributed by atoms with van der Waals surface area (Å²) in [6.07, 6.45) is 3.48. The van der Waals surface area contributed by atoms with Gasteiger partial charge in [-0.25, -0.2) is 0 Å². The van der Waals surface area contributed by atoms with E-state index in [4.69, 9.17) is 14.0 Å². The molecule has 7 heteroatoms. The van der Waals surface area contributed by atoms with E-state index in [-0.39, 0.29) is 0 Å². The Balaban J connectivity index is 4.38. The van der Waals surface area contributed by atoms with Crippen LogP contribution in [-0.4, -0.2) is 45.3 Å². The Labute approximate surface area is 135 Å². The van der Waals surface area contributed by atoms with E-state index < -0.39 is 25.2 Å². The van der Waals surface area contributed by atoms with Gasteiger partial charge in [-0.2, -0.15) is 0 Å². The van der Waals surface area contributed by atoms with Gasteiger partial charge in [0.1, 0.15) is 0 Å². The van der Waals surface area contributed by atoms with Crippen molar-refractivity contribution in [1.82, 2.24) is 5.32 Å². The van der Waals surface area contributed by atoms with Crippen molar-refractivity contribution in [2.24, 2.45) is 5.73 Å². The number of hydrogen-bond donors (Lipinski definition) is 2. The van der Waals surface area contributed by atoms with Crippen LogP contribution >= 0.6 is 0 Å². The Morgan fingerprint density at radius 1 is 0.810 bits per heavy atom. The Morgan fingerprint density at radius 3 is 1.71 bits per heavy atom. The summed E-state index contributed by atoms with van der Waals surface area (Å²) in [7, 11) is -3.25. The van der Waals surface area contributed by atoms with Gasteiger partial charge in [0, 0.05) is 0 Å². The molecule has 0 saturated heterocycles. The van der Waals surface area contributed by atoms with Crippen LogP contribution in [0.15, 0.2) is 0 Å². The van der Waals surface area contributed by atoms with Gasteiger partial charge in [0.2, 0.25) is 0 Å². The first kappa shape index (κ1) is 21.5. The van der Waals surface area contributed by atoms with E-state index in [2.05, 4.69) is 44.6 Å². The van der Waals surface area contributed by atoms with Crippen LogP contribution in [0.4, 0.5) is 0 Å². The summed E-state index contributed by atoms with van der Waals surface area (Å²) in [6.45, 7) is 15.6. The summed E-state index contributed by atoms with van der Waals surface area (Å²) >= 11 is 0. The molecule has 0 heterocycles. The van der Waals surface area contributed by atoms with Gasteiger partial charge in [-0.15, -0.1) is 0 Å². The number of hydrogen-bond acceptors (Lipinski definition) is 4. The highest BCUT2D eigenvalue weighted by Gasteiger charge is 2.39.